The Bertz CT molecular complexity index is 2220. The van der Waals surface area contributed by atoms with Gasteiger partial charge in [0.25, 0.3) is 15.6 Å². The molecule has 0 fully saturated rings. The van der Waals surface area contributed by atoms with E-state index in [0.717, 1.165) is 29.8 Å². The van der Waals surface area contributed by atoms with E-state index in [4.69, 9.17) is 10.8 Å². The lowest BCUT2D eigenvalue weighted by Gasteiger charge is -2.21. The zero-order valence-corrected chi connectivity index (χ0v) is 24.8. The van der Waals surface area contributed by atoms with Gasteiger partial charge in [0.05, 0.1) is 27.9 Å². The number of aryl methyl sites for hydroxylation is 1. The van der Waals surface area contributed by atoms with Crippen LogP contribution in [0.3, 0.4) is 0 Å². The van der Waals surface area contributed by atoms with Crippen molar-refractivity contribution in [2.75, 3.05) is 15.8 Å². The summed E-state index contributed by atoms with van der Waals surface area (Å²) in [5.41, 5.74) is 8.48. The minimum Gasteiger partial charge on any atom is -0.508 e. The fraction of sp³-hybridized carbons (Fsp3) is 0.0968. The Morgan fingerprint density at radius 1 is 1.00 bits per heavy atom. The van der Waals surface area contributed by atoms with E-state index in [1.54, 1.807) is 13.1 Å². The molecule has 228 valence electrons. The highest BCUT2D eigenvalue weighted by molar-refractivity contribution is 7.92. The molecular formula is C31H27FN8O4S. The zero-order chi connectivity index (χ0) is 31.9. The number of rotatable bonds is 8. The predicted octanol–water partition coefficient (Wildman–Crippen LogP) is 4.65. The van der Waals surface area contributed by atoms with Crippen LogP contribution in [0.15, 0.2) is 101 Å². The maximum absolute atomic E-state index is 13.8. The first-order valence-electron chi connectivity index (χ1n) is 13.7. The number of para-hydroxylation sites is 1. The van der Waals surface area contributed by atoms with Gasteiger partial charge in [-0.05, 0) is 79.6 Å². The van der Waals surface area contributed by atoms with E-state index in [1.807, 2.05) is 43.3 Å². The van der Waals surface area contributed by atoms with Crippen molar-refractivity contribution >= 4 is 32.9 Å². The number of sulfonamides is 1. The number of aromatic nitrogens is 5. The van der Waals surface area contributed by atoms with Crippen LogP contribution in [0.25, 0.3) is 22.3 Å². The first kappa shape index (κ1) is 29.3. The molecule has 0 spiro atoms. The smallest absolute Gasteiger partial charge is 0.282 e. The molecule has 3 aromatic carbocycles. The number of hydrogen-bond donors (Lipinski definition) is 4. The van der Waals surface area contributed by atoms with E-state index in [2.05, 4.69) is 20.0 Å². The average molecular weight is 627 g/mol. The highest BCUT2D eigenvalue weighted by Gasteiger charge is 2.23. The third-order valence-electron chi connectivity index (χ3n) is 7.13. The molecule has 3 aromatic heterocycles. The molecule has 3 heterocycles. The van der Waals surface area contributed by atoms with Gasteiger partial charge in [-0.1, -0.05) is 18.2 Å². The summed E-state index contributed by atoms with van der Waals surface area (Å²) in [4.78, 5) is 22.1. The second-order valence-electron chi connectivity index (χ2n) is 10.3. The van der Waals surface area contributed by atoms with Crippen LogP contribution >= 0.6 is 0 Å². The van der Waals surface area contributed by atoms with E-state index in [0.29, 0.717) is 22.6 Å². The molecule has 1 atom stereocenters. The van der Waals surface area contributed by atoms with Crippen molar-refractivity contribution in [3.05, 3.63) is 119 Å². The summed E-state index contributed by atoms with van der Waals surface area (Å²) in [5.74, 6) is -0.185. The number of anilines is 3. The lowest BCUT2D eigenvalue weighted by molar-refractivity contribution is 0.476. The first-order chi connectivity index (χ1) is 21.5. The number of phenolic OH excluding ortho intramolecular Hbond substituents is 1. The number of nitrogen functional groups attached to an aromatic ring is 1. The summed E-state index contributed by atoms with van der Waals surface area (Å²) in [5, 5.41) is 18.6. The lowest BCUT2D eigenvalue weighted by atomic mass is 10.1. The molecule has 0 bridgehead atoms. The van der Waals surface area contributed by atoms with Gasteiger partial charge in [-0.3, -0.25) is 14.1 Å². The molecule has 45 heavy (non-hydrogen) atoms. The largest absolute Gasteiger partial charge is 0.508 e. The topological polar surface area (TPSA) is 170 Å². The summed E-state index contributed by atoms with van der Waals surface area (Å²) in [6, 6.07) is 18.7. The van der Waals surface area contributed by atoms with Crippen molar-refractivity contribution in [1.29, 1.82) is 0 Å². The van der Waals surface area contributed by atoms with Crippen LogP contribution in [0.4, 0.5) is 21.7 Å². The molecule has 0 radical (unpaired) electrons. The molecule has 0 aliphatic rings. The van der Waals surface area contributed by atoms with E-state index in [1.165, 1.54) is 33.6 Å². The minimum atomic E-state index is -4.12. The highest BCUT2D eigenvalue weighted by atomic mass is 32.2. The van der Waals surface area contributed by atoms with E-state index in [-0.39, 0.29) is 39.1 Å². The molecule has 6 rings (SSSR count). The molecule has 0 saturated heterocycles. The van der Waals surface area contributed by atoms with E-state index < -0.39 is 21.9 Å². The molecule has 12 nitrogen and oxygen atoms in total. The number of fused-ring (bicyclic) bond motifs is 1. The van der Waals surface area contributed by atoms with Gasteiger partial charge in [0.15, 0.2) is 5.82 Å². The van der Waals surface area contributed by atoms with Gasteiger partial charge in [-0.25, -0.2) is 27.3 Å². The van der Waals surface area contributed by atoms with Crippen LogP contribution in [0, 0.1) is 12.7 Å². The van der Waals surface area contributed by atoms with Crippen LogP contribution in [0.1, 0.15) is 24.4 Å². The molecule has 5 N–H and O–H groups in total. The maximum Gasteiger partial charge on any atom is 0.282 e. The van der Waals surface area contributed by atoms with E-state index in [9.17, 15) is 22.7 Å². The number of hydrogen-bond acceptors (Lipinski definition) is 9. The van der Waals surface area contributed by atoms with Crippen molar-refractivity contribution in [3.8, 4) is 22.6 Å². The Kier molecular flexibility index (Phi) is 7.42. The summed E-state index contributed by atoms with van der Waals surface area (Å²) < 4.78 is 44.8. The number of aromatic hydroxyl groups is 1. The van der Waals surface area contributed by atoms with Crippen LogP contribution in [-0.2, 0) is 10.0 Å². The Morgan fingerprint density at radius 3 is 2.47 bits per heavy atom. The molecule has 6 aromatic rings. The fourth-order valence-electron chi connectivity index (χ4n) is 5.04. The van der Waals surface area contributed by atoms with Crippen LogP contribution in [0.2, 0.25) is 0 Å². The first-order valence-corrected chi connectivity index (χ1v) is 15.2. The summed E-state index contributed by atoms with van der Waals surface area (Å²) >= 11 is 0. The summed E-state index contributed by atoms with van der Waals surface area (Å²) in [7, 11) is -4.12. The van der Waals surface area contributed by atoms with Crippen molar-refractivity contribution in [2.24, 2.45) is 0 Å². The number of phenols is 1. The Balaban J connectivity index is 1.41. The van der Waals surface area contributed by atoms with Crippen LogP contribution in [-0.4, -0.2) is 37.7 Å². The van der Waals surface area contributed by atoms with Gasteiger partial charge < -0.3 is 16.2 Å². The number of halogens is 1. The average Bonchev–Trinajstić information content (AvgIpc) is 3.38. The van der Waals surface area contributed by atoms with Gasteiger partial charge in [-0.2, -0.15) is 5.10 Å². The number of nitrogens with zero attached hydrogens (tertiary/aromatic N) is 5. The standard InChI is InChI=1S/C31H27FN8O4S/c1-18-12-13-39-27(18)31(42)40(23-6-4-3-5-7-23)30(37-39)19(2)36-29-26(28(33)34-17-35-29)20-14-22(16-24(41)15-20)38-45(43,44)25-10-8-21(32)9-11-25/h3-17,19,38,41H,1-2H3,(H3,33,34,35,36). The molecule has 0 saturated carbocycles. The quantitative estimate of drug-likeness (QED) is 0.188. The van der Waals surface area contributed by atoms with Crippen molar-refractivity contribution in [2.45, 2.75) is 24.8 Å². The van der Waals surface area contributed by atoms with Crippen molar-refractivity contribution in [3.63, 3.8) is 0 Å². The third-order valence-corrected chi connectivity index (χ3v) is 8.52. The normalized spacial score (nSPS) is 12.2. The summed E-state index contributed by atoms with van der Waals surface area (Å²) in [6.07, 6.45) is 2.97. The molecule has 0 aliphatic carbocycles. The lowest BCUT2D eigenvalue weighted by Crippen LogP contribution is -2.29. The number of benzene rings is 3. The monoisotopic (exact) mass is 626 g/mol. The second-order valence-corrected chi connectivity index (χ2v) is 12.0. The maximum atomic E-state index is 13.8. The second kappa shape index (κ2) is 11.4. The Hall–Kier alpha value is -5.76. The van der Waals surface area contributed by atoms with E-state index >= 15 is 0 Å². The Labute approximate surface area is 256 Å². The van der Waals surface area contributed by atoms with Crippen LogP contribution < -0.4 is 21.3 Å². The predicted molar refractivity (Wildman–Crippen MR) is 168 cm³/mol. The fourth-order valence-corrected chi connectivity index (χ4v) is 6.08. The van der Waals surface area contributed by atoms with Crippen molar-refractivity contribution < 1.29 is 17.9 Å². The SMILES string of the molecule is Cc1ccn2nc(C(C)Nc3ncnc(N)c3-c3cc(O)cc(NS(=O)(=O)c4ccc(F)cc4)c3)n(-c3ccccc3)c(=O)c12. The van der Waals surface area contributed by atoms with Gasteiger partial charge in [-0.15, -0.1) is 0 Å². The number of nitrogens with one attached hydrogen (secondary N) is 2. The third kappa shape index (κ3) is 5.65. The van der Waals surface area contributed by atoms with Crippen molar-refractivity contribution in [1.82, 2.24) is 24.1 Å². The minimum absolute atomic E-state index is 0.0181. The van der Waals surface area contributed by atoms with Crippen LogP contribution in [0.5, 0.6) is 5.75 Å². The molecule has 0 aliphatic heterocycles. The van der Waals surface area contributed by atoms with Gasteiger partial charge in [0, 0.05) is 12.3 Å². The highest BCUT2D eigenvalue weighted by Crippen LogP contribution is 2.36. The molecular weight excluding hydrogens is 599 g/mol. The molecule has 14 heteroatoms. The van der Waals surface area contributed by atoms with Gasteiger partial charge in [0.2, 0.25) is 0 Å². The van der Waals surface area contributed by atoms with Gasteiger partial charge >= 0.3 is 0 Å². The van der Waals surface area contributed by atoms with Gasteiger partial charge in [0.1, 0.15) is 35.0 Å². The molecule has 1 unspecified atom stereocenters. The molecule has 0 amide bonds. The Morgan fingerprint density at radius 2 is 1.73 bits per heavy atom. The zero-order valence-electron chi connectivity index (χ0n) is 24.0. The number of nitrogens with two attached hydrogens (primary N) is 1. The summed E-state index contributed by atoms with van der Waals surface area (Å²) in [6.45, 7) is 3.64.